The van der Waals surface area contributed by atoms with Crippen molar-refractivity contribution in [3.63, 3.8) is 0 Å². The number of rotatable bonds is 5. The molecule has 2 heterocycles. The Labute approximate surface area is 156 Å². The molecule has 0 spiro atoms. The highest BCUT2D eigenvalue weighted by Gasteiger charge is 2.36. The van der Waals surface area contributed by atoms with Gasteiger partial charge in [-0.1, -0.05) is 13.8 Å². The molecule has 0 aliphatic carbocycles. The van der Waals surface area contributed by atoms with Crippen molar-refractivity contribution in [3.8, 4) is 0 Å². The van der Waals surface area contributed by atoms with E-state index in [1.165, 1.54) is 27.8 Å². The lowest BCUT2D eigenvalue weighted by molar-refractivity contribution is -0.119. The second-order valence-corrected chi connectivity index (χ2v) is 9.32. The highest BCUT2D eigenvalue weighted by molar-refractivity contribution is 7.89. The maximum Gasteiger partial charge on any atom is 0.243 e. The summed E-state index contributed by atoms with van der Waals surface area (Å²) in [6.45, 7) is 4.41. The number of hydrogen-bond donors (Lipinski definition) is 1. The first-order valence-electron chi connectivity index (χ1n) is 8.29. The van der Waals surface area contributed by atoms with Crippen LogP contribution in [0.15, 0.2) is 34.5 Å². The molecule has 1 atom stereocenters. The minimum absolute atomic E-state index is 0.0291. The Balaban J connectivity index is 1.65. The van der Waals surface area contributed by atoms with Crippen molar-refractivity contribution >= 4 is 32.4 Å². The summed E-state index contributed by atoms with van der Waals surface area (Å²) in [6.07, 6.45) is 0.439. The maximum absolute atomic E-state index is 13.0. The molecule has 140 valence electrons. The van der Waals surface area contributed by atoms with Crippen LogP contribution in [0.1, 0.15) is 31.9 Å². The normalized spacial score (nSPS) is 18.4. The third-order valence-corrected chi connectivity index (χ3v) is 6.97. The number of nitrogens with zero attached hydrogens (tertiary/aromatic N) is 2. The zero-order valence-corrected chi connectivity index (χ0v) is 16.1. The van der Waals surface area contributed by atoms with Gasteiger partial charge in [-0.25, -0.2) is 17.8 Å². The van der Waals surface area contributed by atoms with Gasteiger partial charge in [-0.2, -0.15) is 4.31 Å². The van der Waals surface area contributed by atoms with E-state index in [-0.39, 0.29) is 29.8 Å². The number of benzene rings is 1. The van der Waals surface area contributed by atoms with Crippen LogP contribution in [0.25, 0.3) is 0 Å². The van der Waals surface area contributed by atoms with Crippen LogP contribution in [0.2, 0.25) is 0 Å². The molecule has 0 bridgehead atoms. The Hall–Kier alpha value is -1.84. The van der Waals surface area contributed by atoms with E-state index >= 15 is 0 Å². The monoisotopic (exact) mass is 397 g/mol. The van der Waals surface area contributed by atoms with E-state index in [1.807, 2.05) is 19.2 Å². The Morgan fingerprint density at radius 3 is 2.65 bits per heavy atom. The number of hydrogen-bond acceptors (Lipinski definition) is 5. The third-order valence-electron chi connectivity index (χ3n) is 4.32. The van der Waals surface area contributed by atoms with Crippen LogP contribution in [0, 0.1) is 11.7 Å². The van der Waals surface area contributed by atoms with Crippen LogP contribution in [-0.2, 0) is 14.8 Å². The third kappa shape index (κ3) is 3.94. The summed E-state index contributed by atoms with van der Waals surface area (Å²) in [6, 6.07) is 4.70. The average molecular weight is 397 g/mol. The number of aromatic nitrogens is 1. The van der Waals surface area contributed by atoms with Crippen molar-refractivity contribution < 1.29 is 17.6 Å². The largest absolute Gasteiger partial charge is 0.302 e. The van der Waals surface area contributed by atoms with E-state index < -0.39 is 21.8 Å². The van der Waals surface area contributed by atoms with Crippen LogP contribution >= 0.6 is 11.3 Å². The van der Waals surface area contributed by atoms with E-state index in [0.717, 1.165) is 17.8 Å². The van der Waals surface area contributed by atoms with Crippen molar-refractivity contribution in [1.82, 2.24) is 9.29 Å². The molecule has 26 heavy (non-hydrogen) atoms. The Morgan fingerprint density at radius 1 is 1.35 bits per heavy atom. The molecule has 6 nitrogen and oxygen atoms in total. The van der Waals surface area contributed by atoms with Crippen LogP contribution in [0.4, 0.5) is 9.52 Å². The lowest BCUT2D eigenvalue weighted by atomic mass is 10.1. The molecule has 0 radical (unpaired) electrons. The number of nitrogens with one attached hydrogen (secondary N) is 1. The van der Waals surface area contributed by atoms with Gasteiger partial charge < -0.3 is 5.32 Å². The molecule has 1 saturated heterocycles. The second-order valence-electron chi connectivity index (χ2n) is 6.52. The number of halogens is 1. The van der Waals surface area contributed by atoms with Crippen molar-refractivity contribution in [2.45, 2.75) is 31.1 Å². The fourth-order valence-electron chi connectivity index (χ4n) is 2.73. The van der Waals surface area contributed by atoms with Crippen molar-refractivity contribution in [1.29, 1.82) is 0 Å². The smallest absolute Gasteiger partial charge is 0.243 e. The summed E-state index contributed by atoms with van der Waals surface area (Å²) in [5.74, 6) is -0.880. The SMILES string of the molecule is CC(C)c1csc(NC(=O)[C@H]2CCN(S(=O)(=O)c3ccc(F)cc3)C2)n1. The van der Waals surface area contributed by atoms with E-state index in [9.17, 15) is 17.6 Å². The standard InChI is InChI=1S/C17H20FN3O3S2/c1-11(2)15-10-25-17(19-15)20-16(22)12-7-8-21(9-12)26(23,24)14-5-3-13(18)4-6-14/h3-6,10-12H,7-9H2,1-2H3,(H,19,20,22)/t12-/m0/s1. The molecule has 1 fully saturated rings. The van der Waals surface area contributed by atoms with E-state index in [0.29, 0.717) is 11.6 Å². The lowest BCUT2D eigenvalue weighted by Gasteiger charge is -2.16. The van der Waals surface area contributed by atoms with Gasteiger partial charge in [-0.3, -0.25) is 4.79 Å². The zero-order chi connectivity index (χ0) is 18.9. The number of carbonyl (C=O) groups is 1. The summed E-state index contributed by atoms with van der Waals surface area (Å²) in [5, 5.41) is 5.21. The average Bonchev–Trinajstić information content (AvgIpc) is 3.25. The molecular weight excluding hydrogens is 377 g/mol. The molecule has 1 aliphatic rings. The minimum atomic E-state index is -3.73. The first-order chi connectivity index (χ1) is 12.3. The van der Waals surface area contributed by atoms with Crippen LogP contribution in [-0.4, -0.2) is 36.7 Å². The lowest BCUT2D eigenvalue weighted by Crippen LogP contribution is -2.31. The van der Waals surface area contributed by atoms with Crippen molar-refractivity contribution in [2.24, 2.45) is 5.92 Å². The number of amides is 1. The Morgan fingerprint density at radius 2 is 2.04 bits per heavy atom. The van der Waals surface area contributed by atoms with Gasteiger partial charge >= 0.3 is 0 Å². The van der Waals surface area contributed by atoms with Gasteiger partial charge in [-0.05, 0) is 36.6 Å². The van der Waals surface area contributed by atoms with Gasteiger partial charge in [0.05, 0.1) is 16.5 Å². The molecule has 1 amide bonds. The van der Waals surface area contributed by atoms with Gasteiger partial charge in [-0.15, -0.1) is 11.3 Å². The molecule has 1 aliphatic heterocycles. The molecule has 2 aromatic rings. The summed E-state index contributed by atoms with van der Waals surface area (Å²) < 4.78 is 39.5. The summed E-state index contributed by atoms with van der Waals surface area (Å²) >= 11 is 1.36. The predicted molar refractivity (Wildman–Crippen MR) is 98.1 cm³/mol. The molecule has 0 unspecified atom stereocenters. The maximum atomic E-state index is 13.0. The first-order valence-corrected chi connectivity index (χ1v) is 10.6. The van der Waals surface area contributed by atoms with E-state index in [1.54, 1.807) is 0 Å². The molecule has 1 aromatic carbocycles. The molecule has 1 aromatic heterocycles. The molecule has 0 saturated carbocycles. The van der Waals surface area contributed by atoms with Crippen molar-refractivity contribution in [3.05, 3.63) is 41.2 Å². The Bertz CT molecular complexity index is 894. The number of carbonyl (C=O) groups excluding carboxylic acids is 1. The number of thiazole rings is 1. The van der Waals surface area contributed by atoms with E-state index in [4.69, 9.17) is 0 Å². The number of sulfonamides is 1. The second kappa shape index (κ2) is 7.42. The Kier molecular flexibility index (Phi) is 5.40. The van der Waals surface area contributed by atoms with Gasteiger partial charge in [0.15, 0.2) is 5.13 Å². The van der Waals surface area contributed by atoms with Crippen LogP contribution in [0.3, 0.4) is 0 Å². The first kappa shape index (κ1) is 18.9. The molecule has 1 N–H and O–H groups in total. The molecule has 3 rings (SSSR count). The minimum Gasteiger partial charge on any atom is -0.302 e. The summed E-state index contributed by atoms with van der Waals surface area (Å²) in [7, 11) is -3.73. The fourth-order valence-corrected chi connectivity index (χ4v) is 5.11. The molecular formula is C17H20FN3O3S2. The van der Waals surface area contributed by atoms with Gasteiger partial charge in [0.25, 0.3) is 0 Å². The highest BCUT2D eigenvalue weighted by atomic mass is 32.2. The molecule has 9 heteroatoms. The van der Waals surface area contributed by atoms with Gasteiger partial charge in [0.1, 0.15) is 5.82 Å². The highest BCUT2D eigenvalue weighted by Crippen LogP contribution is 2.27. The van der Waals surface area contributed by atoms with Crippen LogP contribution < -0.4 is 5.32 Å². The quantitative estimate of drug-likeness (QED) is 0.841. The predicted octanol–water partition coefficient (Wildman–Crippen LogP) is 3.05. The van der Waals surface area contributed by atoms with Gasteiger partial charge in [0.2, 0.25) is 15.9 Å². The van der Waals surface area contributed by atoms with E-state index in [2.05, 4.69) is 10.3 Å². The topological polar surface area (TPSA) is 79.4 Å². The van der Waals surface area contributed by atoms with Crippen LogP contribution in [0.5, 0.6) is 0 Å². The summed E-state index contributed by atoms with van der Waals surface area (Å²) in [5.41, 5.74) is 0.914. The van der Waals surface area contributed by atoms with Gasteiger partial charge in [0, 0.05) is 18.5 Å². The summed E-state index contributed by atoms with van der Waals surface area (Å²) in [4.78, 5) is 16.8. The zero-order valence-electron chi connectivity index (χ0n) is 14.5. The fraction of sp³-hybridized carbons (Fsp3) is 0.412. The van der Waals surface area contributed by atoms with Crippen molar-refractivity contribution in [2.75, 3.05) is 18.4 Å². The number of anilines is 1.